The minimum Gasteiger partial charge on any atom is -0.368 e. The number of rotatable bonds is 6. The lowest BCUT2D eigenvalue weighted by atomic mass is 10.0. The van der Waals surface area contributed by atoms with Crippen LogP contribution in [0.1, 0.15) is 35.2 Å². The Morgan fingerprint density at radius 2 is 1.86 bits per heavy atom. The maximum Gasteiger partial charge on any atom is 0.257 e. The Morgan fingerprint density at radius 3 is 2.62 bits per heavy atom. The first-order valence-electron chi connectivity index (χ1n) is 9.74. The Hall–Kier alpha value is -3.19. The molecule has 1 fully saturated rings. The van der Waals surface area contributed by atoms with Crippen LogP contribution in [-0.4, -0.2) is 41.8 Å². The number of para-hydroxylation sites is 1. The molecule has 7 nitrogen and oxygen atoms in total. The van der Waals surface area contributed by atoms with Crippen molar-refractivity contribution >= 4 is 29.1 Å². The van der Waals surface area contributed by atoms with Gasteiger partial charge in [0.05, 0.1) is 23.8 Å². The second-order valence-corrected chi connectivity index (χ2v) is 7.30. The summed E-state index contributed by atoms with van der Waals surface area (Å²) in [6.07, 6.45) is 2.51. The van der Waals surface area contributed by atoms with Gasteiger partial charge in [0.2, 0.25) is 11.8 Å². The van der Waals surface area contributed by atoms with Gasteiger partial charge in [-0.05, 0) is 56.1 Å². The number of likely N-dealkylation sites (tertiary alicyclic amines) is 1. The summed E-state index contributed by atoms with van der Waals surface area (Å²) in [5.74, 6) is -0.996. The molecular formula is C22H26N4O3. The van der Waals surface area contributed by atoms with Gasteiger partial charge in [-0.2, -0.15) is 0 Å². The number of primary amides is 1. The number of aryl methyl sites for hydroxylation is 1. The van der Waals surface area contributed by atoms with Crippen LogP contribution in [0.25, 0.3) is 0 Å². The summed E-state index contributed by atoms with van der Waals surface area (Å²) in [5.41, 5.74) is 7.99. The molecular weight excluding hydrogens is 368 g/mol. The van der Waals surface area contributed by atoms with Gasteiger partial charge in [-0.15, -0.1) is 0 Å². The van der Waals surface area contributed by atoms with E-state index in [1.807, 2.05) is 31.2 Å². The molecule has 1 heterocycles. The monoisotopic (exact) mass is 394 g/mol. The number of nitrogens with zero attached hydrogens (tertiary/aromatic N) is 1. The Morgan fingerprint density at radius 1 is 1.07 bits per heavy atom. The molecule has 0 aromatic heterocycles. The predicted molar refractivity (Wildman–Crippen MR) is 113 cm³/mol. The number of benzene rings is 2. The minimum absolute atomic E-state index is 0.0570. The fourth-order valence-corrected chi connectivity index (χ4v) is 3.59. The average Bonchev–Trinajstić information content (AvgIpc) is 2.68. The molecule has 4 N–H and O–H groups in total. The summed E-state index contributed by atoms with van der Waals surface area (Å²) in [7, 11) is 0. The van der Waals surface area contributed by atoms with E-state index >= 15 is 0 Å². The maximum atomic E-state index is 12.7. The van der Waals surface area contributed by atoms with Gasteiger partial charge in [-0.25, -0.2) is 0 Å². The van der Waals surface area contributed by atoms with Crippen LogP contribution in [0.2, 0.25) is 0 Å². The molecule has 1 aliphatic heterocycles. The highest BCUT2D eigenvalue weighted by Crippen LogP contribution is 2.20. The molecule has 2 aromatic rings. The molecule has 0 radical (unpaired) electrons. The second-order valence-electron chi connectivity index (χ2n) is 7.30. The zero-order valence-electron chi connectivity index (χ0n) is 16.5. The number of carbonyl (C=O) groups is 3. The van der Waals surface area contributed by atoms with Crippen LogP contribution in [0.15, 0.2) is 48.5 Å². The van der Waals surface area contributed by atoms with Gasteiger partial charge in [0, 0.05) is 5.69 Å². The van der Waals surface area contributed by atoms with Crippen molar-refractivity contribution in [2.75, 3.05) is 23.7 Å². The molecule has 0 spiro atoms. The SMILES string of the molecule is Cc1cccc(NC(=O)c2ccccc2NC(=O)CN2CCCC[C@@H]2C(N)=O)c1. The number of hydrogen-bond donors (Lipinski definition) is 3. The van der Waals surface area contributed by atoms with Gasteiger partial charge in [-0.1, -0.05) is 30.7 Å². The Bertz CT molecular complexity index is 912. The van der Waals surface area contributed by atoms with Gasteiger partial charge >= 0.3 is 0 Å². The van der Waals surface area contributed by atoms with Crippen molar-refractivity contribution in [1.29, 1.82) is 0 Å². The normalized spacial score (nSPS) is 16.8. The van der Waals surface area contributed by atoms with Crippen molar-refractivity contribution < 1.29 is 14.4 Å². The van der Waals surface area contributed by atoms with Crippen LogP contribution >= 0.6 is 0 Å². The summed E-state index contributed by atoms with van der Waals surface area (Å²) < 4.78 is 0. The summed E-state index contributed by atoms with van der Waals surface area (Å²) in [6.45, 7) is 2.65. The quantitative estimate of drug-likeness (QED) is 0.700. The molecule has 0 bridgehead atoms. The largest absolute Gasteiger partial charge is 0.368 e. The number of anilines is 2. The van der Waals surface area contributed by atoms with Gasteiger partial charge in [0.1, 0.15) is 0 Å². The number of hydrogen-bond acceptors (Lipinski definition) is 4. The number of nitrogens with two attached hydrogens (primary N) is 1. The van der Waals surface area contributed by atoms with Crippen LogP contribution in [0, 0.1) is 6.92 Å². The van der Waals surface area contributed by atoms with Crippen LogP contribution in [0.4, 0.5) is 11.4 Å². The Kier molecular flexibility index (Phi) is 6.61. The van der Waals surface area contributed by atoms with Crippen molar-refractivity contribution in [2.24, 2.45) is 5.73 Å². The first kappa shape index (κ1) is 20.5. The van der Waals surface area contributed by atoms with E-state index in [4.69, 9.17) is 5.73 Å². The molecule has 1 atom stereocenters. The molecule has 3 rings (SSSR count). The van der Waals surface area contributed by atoms with Crippen molar-refractivity contribution in [3.8, 4) is 0 Å². The van der Waals surface area contributed by atoms with Crippen molar-refractivity contribution in [1.82, 2.24) is 4.90 Å². The van der Waals surface area contributed by atoms with Crippen molar-refractivity contribution in [3.05, 3.63) is 59.7 Å². The van der Waals surface area contributed by atoms with E-state index in [0.29, 0.717) is 29.9 Å². The van der Waals surface area contributed by atoms with E-state index in [1.54, 1.807) is 29.2 Å². The molecule has 7 heteroatoms. The van der Waals surface area contributed by atoms with Crippen LogP contribution in [0.5, 0.6) is 0 Å². The van der Waals surface area contributed by atoms with Crippen LogP contribution < -0.4 is 16.4 Å². The number of amides is 3. The lowest BCUT2D eigenvalue weighted by Gasteiger charge is -2.32. The van der Waals surface area contributed by atoms with Crippen molar-refractivity contribution in [2.45, 2.75) is 32.2 Å². The molecule has 3 amide bonds. The highest BCUT2D eigenvalue weighted by molar-refractivity contribution is 6.10. The molecule has 0 aliphatic carbocycles. The molecule has 29 heavy (non-hydrogen) atoms. The van der Waals surface area contributed by atoms with Crippen LogP contribution in [0.3, 0.4) is 0 Å². The molecule has 2 aromatic carbocycles. The van der Waals surface area contributed by atoms with E-state index in [1.165, 1.54) is 0 Å². The standard InChI is InChI=1S/C22H26N4O3/c1-15-7-6-8-16(13-15)24-22(29)17-9-2-3-10-18(17)25-20(27)14-26-12-5-4-11-19(26)21(23)28/h2-3,6-10,13,19H,4-5,11-12,14H2,1H3,(H2,23,28)(H,24,29)(H,25,27)/t19-/m1/s1. The Balaban J connectivity index is 1.69. The second kappa shape index (κ2) is 9.34. The third-order valence-corrected chi connectivity index (χ3v) is 5.01. The fourth-order valence-electron chi connectivity index (χ4n) is 3.59. The predicted octanol–water partition coefficient (Wildman–Crippen LogP) is 2.53. The van der Waals surface area contributed by atoms with E-state index in [-0.39, 0.29) is 18.4 Å². The zero-order chi connectivity index (χ0) is 20.8. The summed E-state index contributed by atoms with van der Waals surface area (Å²) in [6, 6.07) is 13.9. The molecule has 0 saturated carbocycles. The maximum absolute atomic E-state index is 12.7. The third kappa shape index (κ3) is 5.42. The number of carbonyl (C=O) groups excluding carboxylic acids is 3. The van der Waals surface area contributed by atoms with Crippen molar-refractivity contribution in [3.63, 3.8) is 0 Å². The van der Waals surface area contributed by atoms with E-state index < -0.39 is 11.9 Å². The summed E-state index contributed by atoms with van der Waals surface area (Å²) >= 11 is 0. The third-order valence-electron chi connectivity index (χ3n) is 5.01. The zero-order valence-corrected chi connectivity index (χ0v) is 16.5. The smallest absolute Gasteiger partial charge is 0.257 e. The Labute approximate surface area is 170 Å². The average molecular weight is 394 g/mol. The lowest BCUT2D eigenvalue weighted by Crippen LogP contribution is -2.50. The molecule has 1 aliphatic rings. The highest BCUT2D eigenvalue weighted by Gasteiger charge is 2.28. The first-order chi connectivity index (χ1) is 13.9. The molecule has 0 unspecified atom stereocenters. The van der Waals surface area contributed by atoms with Gasteiger partial charge in [0.25, 0.3) is 5.91 Å². The van der Waals surface area contributed by atoms with E-state index in [2.05, 4.69) is 10.6 Å². The van der Waals surface area contributed by atoms with E-state index in [0.717, 1.165) is 18.4 Å². The highest BCUT2D eigenvalue weighted by atomic mass is 16.2. The van der Waals surface area contributed by atoms with Crippen LogP contribution in [-0.2, 0) is 9.59 Å². The van der Waals surface area contributed by atoms with Gasteiger partial charge < -0.3 is 16.4 Å². The number of nitrogens with one attached hydrogen (secondary N) is 2. The topological polar surface area (TPSA) is 105 Å². The van der Waals surface area contributed by atoms with Gasteiger partial charge in [0.15, 0.2) is 0 Å². The number of piperidine rings is 1. The summed E-state index contributed by atoms with van der Waals surface area (Å²) in [5, 5.41) is 5.66. The minimum atomic E-state index is -0.422. The summed E-state index contributed by atoms with van der Waals surface area (Å²) in [4.78, 5) is 38.8. The molecule has 152 valence electrons. The van der Waals surface area contributed by atoms with Gasteiger partial charge in [-0.3, -0.25) is 19.3 Å². The fraction of sp³-hybridized carbons (Fsp3) is 0.318. The first-order valence-corrected chi connectivity index (χ1v) is 9.74. The lowest BCUT2D eigenvalue weighted by molar-refractivity contribution is -0.126. The van der Waals surface area contributed by atoms with E-state index in [9.17, 15) is 14.4 Å². The molecule has 1 saturated heterocycles.